The summed E-state index contributed by atoms with van der Waals surface area (Å²) in [6.45, 7) is 1.87. The second kappa shape index (κ2) is 4.69. The van der Waals surface area contributed by atoms with Gasteiger partial charge in [-0.1, -0.05) is 11.6 Å². The number of hydrogen-bond acceptors (Lipinski definition) is 4. The molecule has 5 heteroatoms. The fraction of sp³-hybridized carbons (Fsp3) is 0.167. The number of aromatic nitrogens is 2. The van der Waals surface area contributed by atoms with E-state index in [9.17, 15) is 5.11 Å². The lowest BCUT2D eigenvalue weighted by Gasteiger charge is -2.14. The number of aliphatic hydroxyl groups excluding tert-OH is 1. The number of hydrogen-bond donors (Lipinski definition) is 2. The molecule has 0 bridgehead atoms. The van der Waals surface area contributed by atoms with Crippen LogP contribution in [-0.4, -0.2) is 15.1 Å². The normalized spacial score (nSPS) is 12.4. The first-order valence-electron chi connectivity index (χ1n) is 5.10. The molecule has 2 rings (SSSR count). The van der Waals surface area contributed by atoms with Gasteiger partial charge in [0.15, 0.2) is 0 Å². The van der Waals surface area contributed by atoms with E-state index in [1.54, 1.807) is 24.4 Å². The molecule has 0 saturated carbocycles. The third kappa shape index (κ3) is 2.38. The standard InChI is InChI=1S/C12H12ClN3O/c1-7-4-5-15-12(14)10(7)11(17)9-3-2-8(13)6-16-9/h2-6,11,17H,1H3,(H2,14,15). The van der Waals surface area contributed by atoms with E-state index in [0.29, 0.717) is 22.1 Å². The van der Waals surface area contributed by atoms with Crippen molar-refractivity contribution in [3.8, 4) is 0 Å². The smallest absolute Gasteiger partial charge is 0.129 e. The van der Waals surface area contributed by atoms with Gasteiger partial charge in [-0.2, -0.15) is 0 Å². The molecule has 2 aromatic rings. The Labute approximate surface area is 104 Å². The van der Waals surface area contributed by atoms with Crippen molar-refractivity contribution in [1.29, 1.82) is 0 Å². The quantitative estimate of drug-likeness (QED) is 0.855. The van der Waals surface area contributed by atoms with Crippen LogP contribution in [0.15, 0.2) is 30.6 Å². The van der Waals surface area contributed by atoms with Gasteiger partial charge in [-0.15, -0.1) is 0 Å². The van der Waals surface area contributed by atoms with Crippen LogP contribution in [0.4, 0.5) is 5.82 Å². The fourth-order valence-corrected chi connectivity index (χ4v) is 1.76. The van der Waals surface area contributed by atoms with E-state index < -0.39 is 6.10 Å². The molecule has 0 amide bonds. The average molecular weight is 250 g/mol. The van der Waals surface area contributed by atoms with Crippen LogP contribution < -0.4 is 5.73 Å². The maximum atomic E-state index is 10.2. The van der Waals surface area contributed by atoms with E-state index in [1.165, 1.54) is 6.20 Å². The lowest BCUT2D eigenvalue weighted by atomic mass is 10.0. The molecule has 0 aromatic carbocycles. The largest absolute Gasteiger partial charge is 0.383 e. The van der Waals surface area contributed by atoms with Crippen LogP contribution in [0.1, 0.15) is 22.9 Å². The van der Waals surface area contributed by atoms with Crippen LogP contribution in [0, 0.1) is 6.92 Å². The zero-order valence-corrected chi connectivity index (χ0v) is 10.0. The molecule has 1 atom stereocenters. The summed E-state index contributed by atoms with van der Waals surface area (Å²) in [7, 11) is 0. The maximum absolute atomic E-state index is 10.2. The van der Waals surface area contributed by atoms with Crippen LogP contribution in [-0.2, 0) is 0 Å². The third-order valence-electron chi connectivity index (χ3n) is 2.54. The molecule has 3 N–H and O–H groups in total. The minimum absolute atomic E-state index is 0.314. The minimum Gasteiger partial charge on any atom is -0.383 e. The highest BCUT2D eigenvalue weighted by Gasteiger charge is 2.17. The summed E-state index contributed by atoms with van der Waals surface area (Å²) >= 11 is 5.74. The zero-order valence-electron chi connectivity index (χ0n) is 9.26. The molecule has 0 aliphatic carbocycles. The Morgan fingerprint density at radius 3 is 2.65 bits per heavy atom. The SMILES string of the molecule is Cc1ccnc(N)c1C(O)c1ccc(Cl)cn1. The van der Waals surface area contributed by atoms with Crippen LogP contribution in [0.2, 0.25) is 5.02 Å². The molecule has 0 fully saturated rings. The molecular weight excluding hydrogens is 238 g/mol. The van der Waals surface area contributed by atoms with E-state index >= 15 is 0 Å². The summed E-state index contributed by atoms with van der Waals surface area (Å²) in [6, 6.07) is 5.14. The van der Waals surface area contributed by atoms with E-state index in [1.807, 2.05) is 6.92 Å². The molecule has 0 radical (unpaired) electrons. The summed E-state index contributed by atoms with van der Waals surface area (Å²) < 4.78 is 0. The highest BCUT2D eigenvalue weighted by molar-refractivity contribution is 6.30. The van der Waals surface area contributed by atoms with Crippen LogP contribution >= 0.6 is 11.6 Å². The molecule has 0 aliphatic heterocycles. The third-order valence-corrected chi connectivity index (χ3v) is 2.77. The van der Waals surface area contributed by atoms with E-state index in [2.05, 4.69) is 9.97 Å². The lowest BCUT2D eigenvalue weighted by Crippen LogP contribution is -2.08. The van der Waals surface area contributed by atoms with Gasteiger partial charge in [0, 0.05) is 18.0 Å². The van der Waals surface area contributed by atoms with Crippen LogP contribution in [0.5, 0.6) is 0 Å². The van der Waals surface area contributed by atoms with Crippen LogP contribution in [0.3, 0.4) is 0 Å². The Hall–Kier alpha value is -1.65. The maximum Gasteiger partial charge on any atom is 0.129 e. The number of nitrogen functional groups attached to an aromatic ring is 1. The number of pyridine rings is 2. The number of anilines is 1. The Kier molecular flexibility index (Phi) is 3.26. The molecule has 0 aliphatic rings. The summed E-state index contributed by atoms with van der Waals surface area (Å²) in [6.07, 6.45) is 2.21. The average Bonchev–Trinajstić information content (AvgIpc) is 2.29. The van der Waals surface area contributed by atoms with E-state index in [4.69, 9.17) is 17.3 Å². The zero-order chi connectivity index (χ0) is 12.4. The van der Waals surface area contributed by atoms with Crippen molar-refractivity contribution in [2.45, 2.75) is 13.0 Å². The summed E-state index contributed by atoms with van der Waals surface area (Å²) in [5.74, 6) is 0.314. The number of halogens is 1. The van der Waals surface area contributed by atoms with Crippen molar-refractivity contribution in [2.24, 2.45) is 0 Å². The predicted octanol–water partition coefficient (Wildman–Crippen LogP) is 2.10. The lowest BCUT2D eigenvalue weighted by molar-refractivity contribution is 0.215. The van der Waals surface area contributed by atoms with Crippen molar-refractivity contribution >= 4 is 17.4 Å². The number of nitrogens with two attached hydrogens (primary N) is 1. The van der Waals surface area contributed by atoms with Crippen molar-refractivity contribution in [2.75, 3.05) is 5.73 Å². The molecule has 2 heterocycles. The molecule has 0 spiro atoms. The van der Waals surface area contributed by atoms with Crippen molar-refractivity contribution in [1.82, 2.24) is 9.97 Å². The molecule has 2 aromatic heterocycles. The van der Waals surface area contributed by atoms with E-state index in [-0.39, 0.29) is 0 Å². The van der Waals surface area contributed by atoms with Crippen molar-refractivity contribution in [3.63, 3.8) is 0 Å². The second-order valence-electron chi connectivity index (χ2n) is 3.73. The fourth-order valence-electron chi connectivity index (χ4n) is 1.64. The monoisotopic (exact) mass is 249 g/mol. The van der Waals surface area contributed by atoms with Gasteiger partial charge in [-0.05, 0) is 30.7 Å². The Balaban J connectivity index is 2.43. The number of aliphatic hydroxyl groups is 1. The van der Waals surface area contributed by atoms with Gasteiger partial charge in [0.2, 0.25) is 0 Å². The van der Waals surface area contributed by atoms with Gasteiger partial charge >= 0.3 is 0 Å². The molecule has 4 nitrogen and oxygen atoms in total. The first-order chi connectivity index (χ1) is 8.09. The molecule has 88 valence electrons. The number of aryl methyl sites for hydroxylation is 1. The predicted molar refractivity (Wildman–Crippen MR) is 66.7 cm³/mol. The first-order valence-corrected chi connectivity index (χ1v) is 5.48. The summed E-state index contributed by atoms with van der Waals surface area (Å²) in [4.78, 5) is 8.04. The van der Waals surface area contributed by atoms with Gasteiger partial charge in [0.05, 0.1) is 10.7 Å². The molecular formula is C12H12ClN3O. The van der Waals surface area contributed by atoms with Gasteiger partial charge in [0.1, 0.15) is 11.9 Å². The number of nitrogens with zero attached hydrogens (tertiary/aromatic N) is 2. The highest BCUT2D eigenvalue weighted by Crippen LogP contribution is 2.27. The van der Waals surface area contributed by atoms with Gasteiger partial charge in [-0.25, -0.2) is 4.98 Å². The van der Waals surface area contributed by atoms with Crippen LogP contribution in [0.25, 0.3) is 0 Å². The Morgan fingerprint density at radius 1 is 1.29 bits per heavy atom. The topological polar surface area (TPSA) is 72.0 Å². The first kappa shape index (κ1) is 11.8. The number of rotatable bonds is 2. The second-order valence-corrected chi connectivity index (χ2v) is 4.17. The molecule has 17 heavy (non-hydrogen) atoms. The van der Waals surface area contributed by atoms with Crippen molar-refractivity contribution in [3.05, 3.63) is 52.4 Å². The van der Waals surface area contributed by atoms with Gasteiger partial charge in [0.25, 0.3) is 0 Å². The summed E-state index contributed by atoms with van der Waals surface area (Å²) in [5, 5.41) is 10.7. The highest BCUT2D eigenvalue weighted by atomic mass is 35.5. The molecule has 0 saturated heterocycles. The summed E-state index contributed by atoms with van der Waals surface area (Å²) in [5.41, 5.74) is 7.72. The Bertz CT molecular complexity index is 508. The Morgan fingerprint density at radius 2 is 2.06 bits per heavy atom. The molecule has 1 unspecified atom stereocenters. The van der Waals surface area contributed by atoms with Crippen molar-refractivity contribution < 1.29 is 5.11 Å². The van der Waals surface area contributed by atoms with Gasteiger partial charge in [-0.3, -0.25) is 4.98 Å². The minimum atomic E-state index is -0.888. The van der Waals surface area contributed by atoms with E-state index in [0.717, 1.165) is 5.56 Å². The van der Waals surface area contributed by atoms with Gasteiger partial charge < -0.3 is 10.8 Å².